The van der Waals surface area contributed by atoms with E-state index >= 15 is 0 Å². The first kappa shape index (κ1) is 17.9. The number of rotatable bonds is 6. The highest BCUT2D eigenvalue weighted by Crippen LogP contribution is 2.38. The molecule has 0 saturated heterocycles. The maximum atomic E-state index is 2.34. The Kier molecular flexibility index (Phi) is 5.03. The summed E-state index contributed by atoms with van der Waals surface area (Å²) in [5.41, 5.74) is 11.7. The molecule has 0 unspecified atom stereocenters. The van der Waals surface area contributed by atoms with Gasteiger partial charge in [-0.05, 0) is 90.1 Å². The number of unbranched alkanes of at least 4 members (excludes halogenated alkanes) is 1. The van der Waals surface area contributed by atoms with Crippen molar-refractivity contribution >= 4 is 5.69 Å². The van der Waals surface area contributed by atoms with Gasteiger partial charge in [0, 0.05) is 19.8 Å². The van der Waals surface area contributed by atoms with Gasteiger partial charge in [0.15, 0.2) is 0 Å². The molecule has 0 aliphatic heterocycles. The van der Waals surface area contributed by atoms with Crippen LogP contribution < -0.4 is 4.90 Å². The van der Waals surface area contributed by atoms with E-state index in [1.165, 1.54) is 59.2 Å². The van der Waals surface area contributed by atoms with Crippen LogP contribution in [0.4, 0.5) is 5.69 Å². The Morgan fingerprint density at radius 1 is 0.778 bits per heavy atom. The standard InChI is InChI=1S/C26H29N/c1-19-17-23(27(2)3)16-15-20(19)9-4-5-10-21-12-8-14-25-24-13-7-6-11-22(24)18-26(21)25/h6-8,11-17H,4-5,9-10,18H2,1-3H3. The Labute approximate surface area is 163 Å². The van der Waals surface area contributed by atoms with Crippen LogP contribution in [0.3, 0.4) is 0 Å². The first-order valence-corrected chi connectivity index (χ1v) is 10.1. The minimum absolute atomic E-state index is 1.10. The predicted octanol–water partition coefficient (Wildman–Crippen LogP) is 6.20. The molecule has 3 aromatic rings. The molecule has 4 rings (SSSR count). The Hall–Kier alpha value is -2.54. The molecule has 1 nitrogen and oxygen atoms in total. The highest BCUT2D eigenvalue weighted by atomic mass is 15.1. The van der Waals surface area contributed by atoms with Crippen molar-refractivity contribution in [1.29, 1.82) is 0 Å². The van der Waals surface area contributed by atoms with Gasteiger partial charge >= 0.3 is 0 Å². The molecule has 0 heterocycles. The molecule has 3 aromatic carbocycles. The second-order valence-corrected chi connectivity index (χ2v) is 7.99. The molecule has 0 saturated carbocycles. The molecule has 0 N–H and O–H groups in total. The van der Waals surface area contributed by atoms with Gasteiger partial charge in [0.1, 0.15) is 0 Å². The molecule has 0 amide bonds. The molecular formula is C26H29N. The maximum absolute atomic E-state index is 2.34. The second kappa shape index (κ2) is 7.60. The number of hydrogen-bond donors (Lipinski definition) is 0. The third kappa shape index (κ3) is 3.64. The number of aryl methyl sites for hydroxylation is 3. The highest BCUT2D eigenvalue weighted by Gasteiger charge is 2.19. The van der Waals surface area contributed by atoms with Gasteiger partial charge in [-0.2, -0.15) is 0 Å². The van der Waals surface area contributed by atoms with Gasteiger partial charge in [-0.15, -0.1) is 0 Å². The summed E-state index contributed by atoms with van der Waals surface area (Å²) in [6.45, 7) is 2.24. The van der Waals surface area contributed by atoms with E-state index in [4.69, 9.17) is 0 Å². The lowest BCUT2D eigenvalue weighted by atomic mass is 9.95. The zero-order valence-corrected chi connectivity index (χ0v) is 16.8. The SMILES string of the molecule is Cc1cc(N(C)C)ccc1CCCCc1cccc2c1Cc1ccccc1-2. The quantitative estimate of drug-likeness (QED) is 0.372. The summed E-state index contributed by atoms with van der Waals surface area (Å²) >= 11 is 0. The van der Waals surface area contributed by atoms with Crippen LogP contribution >= 0.6 is 0 Å². The van der Waals surface area contributed by atoms with Crippen molar-refractivity contribution in [1.82, 2.24) is 0 Å². The summed E-state index contributed by atoms with van der Waals surface area (Å²) in [6, 6.07) is 22.6. The van der Waals surface area contributed by atoms with E-state index in [1.54, 1.807) is 11.1 Å². The molecule has 27 heavy (non-hydrogen) atoms. The number of anilines is 1. The number of benzene rings is 3. The van der Waals surface area contributed by atoms with Gasteiger partial charge in [0.05, 0.1) is 0 Å². The van der Waals surface area contributed by atoms with Crippen LogP contribution in [-0.4, -0.2) is 14.1 Å². The summed E-state index contributed by atoms with van der Waals surface area (Å²) < 4.78 is 0. The lowest BCUT2D eigenvalue weighted by Gasteiger charge is -2.15. The molecule has 0 fully saturated rings. The predicted molar refractivity (Wildman–Crippen MR) is 117 cm³/mol. The van der Waals surface area contributed by atoms with E-state index in [2.05, 4.69) is 86.6 Å². The Bertz CT molecular complexity index is 952. The van der Waals surface area contributed by atoms with Crippen molar-refractivity contribution in [3.05, 3.63) is 88.5 Å². The zero-order valence-electron chi connectivity index (χ0n) is 16.8. The fourth-order valence-corrected chi connectivity index (χ4v) is 4.33. The van der Waals surface area contributed by atoms with Crippen molar-refractivity contribution < 1.29 is 0 Å². The van der Waals surface area contributed by atoms with Crippen LogP contribution in [0.25, 0.3) is 11.1 Å². The average molecular weight is 356 g/mol. The lowest BCUT2D eigenvalue weighted by Crippen LogP contribution is -2.09. The number of fused-ring (bicyclic) bond motifs is 3. The van der Waals surface area contributed by atoms with Gasteiger partial charge in [-0.1, -0.05) is 48.5 Å². The highest BCUT2D eigenvalue weighted by molar-refractivity contribution is 5.77. The monoisotopic (exact) mass is 355 g/mol. The first-order chi connectivity index (χ1) is 13.1. The van der Waals surface area contributed by atoms with Crippen molar-refractivity contribution in [3.8, 4) is 11.1 Å². The van der Waals surface area contributed by atoms with Crippen molar-refractivity contribution in [2.75, 3.05) is 19.0 Å². The first-order valence-electron chi connectivity index (χ1n) is 10.1. The summed E-state index contributed by atoms with van der Waals surface area (Å²) in [6.07, 6.45) is 5.97. The molecular weight excluding hydrogens is 326 g/mol. The smallest absolute Gasteiger partial charge is 0.0363 e. The maximum Gasteiger partial charge on any atom is 0.0363 e. The molecule has 1 aliphatic rings. The molecule has 138 valence electrons. The van der Waals surface area contributed by atoms with Crippen LogP contribution in [0.1, 0.15) is 40.7 Å². The molecule has 0 spiro atoms. The summed E-state index contributed by atoms with van der Waals surface area (Å²) in [4.78, 5) is 2.17. The minimum atomic E-state index is 1.10. The van der Waals surface area contributed by atoms with E-state index in [0.29, 0.717) is 0 Å². The third-order valence-electron chi connectivity index (χ3n) is 5.93. The molecule has 0 bridgehead atoms. The molecule has 0 atom stereocenters. The Morgan fingerprint density at radius 3 is 2.30 bits per heavy atom. The van der Waals surface area contributed by atoms with Crippen molar-refractivity contribution in [2.24, 2.45) is 0 Å². The normalized spacial score (nSPS) is 12.0. The van der Waals surface area contributed by atoms with Crippen LogP contribution in [0, 0.1) is 6.92 Å². The van der Waals surface area contributed by atoms with Gasteiger partial charge in [-0.3, -0.25) is 0 Å². The van der Waals surface area contributed by atoms with E-state index in [0.717, 1.165) is 6.42 Å². The minimum Gasteiger partial charge on any atom is -0.378 e. The van der Waals surface area contributed by atoms with Crippen LogP contribution in [0.2, 0.25) is 0 Å². The molecule has 0 aromatic heterocycles. The number of nitrogens with zero attached hydrogens (tertiary/aromatic N) is 1. The van der Waals surface area contributed by atoms with Crippen molar-refractivity contribution in [2.45, 2.75) is 39.0 Å². The Balaban J connectivity index is 1.39. The zero-order chi connectivity index (χ0) is 18.8. The summed E-state index contributed by atoms with van der Waals surface area (Å²) in [5.74, 6) is 0. The summed E-state index contributed by atoms with van der Waals surface area (Å²) in [5, 5.41) is 0. The van der Waals surface area contributed by atoms with Crippen LogP contribution in [0.5, 0.6) is 0 Å². The lowest BCUT2D eigenvalue weighted by molar-refractivity contribution is 0.729. The van der Waals surface area contributed by atoms with E-state index in [9.17, 15) is 0 Å². The molecule has 1 heteroatoms. The Morgan fingerprint density at radius 2 is 1.52 bits per heavy atom. The van der Waals surface area contributed by atoms with Crippen LogP contribution in [0.15, 0.2) is 60.7 Å². The van der Waals surface area contributed by atoms with Crippen LogP contribution in [-0.2, 0) is 19.3 Å². The average Bonchev–Trinajstić information content (AvgIpc) is 3.05. The van der Waals surface area contributed by atoms with Crippen molar-refractivity contribution in [3.63, 3.8) is 0 Å². The van der Waals surface area contributed by atoms with E-state index < -0.39 is 0 Å². The number of hydrogen-bond acceptors (Lipinski definition) is 1. The molecule has 1 aliphatic carbocycles. The van der Waals surface area contributed by atoms with E-state index in [-0.39, 0.29) is 0 Å². The third-order valence-corrected chi connectivity index (χ3v) is 5.93. The summed E-state index contributed by atoms with van der Waals surface area (Å²) in [7, 11) is 4.20. The van der Waals surface area contributed by atoms with Gasteiger partial charge in [0.2, 0.25) is 0 Å². The fourth-order valence-electron chi connectivity index (χ4n) is 4.33. The van der Waals surface area contributed by atoms with E-state index in [1.807, 2.05) is 0 Å². The van der Waals surface area contributed by atoms with Gasteiger partial charge in [0.25, 0.3) is 0 Å². The van der Waals surface area contributed by atoms with Gasteiger partial charge < -0.3 is 4.90 Å². The molecule has 0 radical (unpaired) electrons. The second-order valence-electron chi connectivity index (χ2n) is 7.99. The van der Waals surface area contributed by atoms with Gasteiger partial charge in [-0.25, -0.2) is 0 Å². The largest absolute Gasteiger partial charge is 0.378 e. The topological polar surface area (TPSA) is 3.24 Å². The fraction of sp³-hybridized carbons (Fsp3) is 0.308.